The number of rotatable bonds is 6. The predicted octanol–water partition coefficient (Wildman–Crippen LogP) is -4.92. The van der Waals surface area contributed by atoms with Crippen LogP contribution in [0.4, 0.5) is 4.48 Å². The summed E-state index contributed by atoms with van der Waals surface area (Å²) in [6, 6.07) is 0. The van der Waals surface area contributed by atoms with Gasteiger partial charge in [0.05, 0.1) is 0 Å². The topological polar surface area (TPSA) is 58.1 Å². The second kappa shape index (κ2) is 17.0. The first-order valence-corrected chi connectivity index (χ1v) is 5.32. The van der Waals surface area contributed by atoms with E-state index in [0.717, 1.165) is 24.8 Å². The molecule has 0 aliphatic rings. The van der Waals surface area contributed by atoms with Crippen molar-refractivity contribution in [1.29, 1.82) is 0 Å². The van der Waals surface area contributed by atoms with Gasteiger partial charge in [-0.1, -0.05) is 20.8 Å². The molecule has 0 amide bonds. The van der Waals surface area contributed by atoms with Gasteiger partial charge in [-0.2, -0.15) is 0 Å². The van der Waals surface area contributed by atoms with E-state index in [9.17, 15) is 9.51 Å². The maximum absolute atomic E-state index is 12.2. The van der Waals surface area contributed by atoms with E-state index in [4.69, 9.17) is 0 Å². The summed E-state index contributed by atoms with van der Waals surface area (Å²) in [6.45, 7) is 6.09. The van der Waals surface area contributed by atoms with Crippen LogP contribution in [0.3, 0.4) is 0 Å². The van der Waals surface area contributed by atoms with Crippen LogP contribution in [0.15, 0.2) is 0 Å². The Morgan fingerprint density at radius 1 is 1.12 bits per heavy atom. The first-order chi connectivity index (χ1) is 7.05. The van der Waals surface area contributed by atoms with Gasteiger partial charge in [0, 0.05) is 43.0 Å². The zero-order valence-corrected chi connectivity index (χ0v) is 12.9. The normalized spacial score (nSPS) is 9.35. The molecule has 0 aromatic rings. The van der Waals surface area contributed by atoms with E-state index in [1.807, 2.05) is 20.8 Å². The fraction of sp³-hybridized carbons (Fsp3) is 1.00. The fourth-order valence-corrected chi connectivity index (χ4v) is 1.11. The third-order valence-electron chi connectivity index (χ3n) is 2.49. The molecule has 4 nitrogen and oxygen atoms in total. The van der Waals surface area contributed by atoms with Gasteiger partial charge < -0.3 is 38.3 Å². The molecule has 0 aromatic carbocycles. The molecular formula is C7H17BCl4FNO3-2. The second-order valence-corrected chi connectivity index (χ2v) is 3.36. The molecule has 0 fully saturated rings. The lowest BCUT2D eigenvalue weighted by atomic mass is 9.91. The summed E-state index contributed by atoms with van der Waals surface area (Å²) in [7, 11) is -1.78. The standard InChI is InChI=1S/C7H16FN.BCl2O3.2ClH/c1-4-7(5-2,6-3)9-8;2-5-1(4)6-3;;/h9H,4-6H2,1-3H3;;2*1H/q;-1;;/p-1. The Balaban J connectivity index is -0.0000000945. The van der Waals surface area contributed by atoms with Gasteiger partial charge in [0.2, 0.25) is 0 Å². The number of halogens is 5. The molecule has 10 heteroatoms. The van der Waals surface area contributed by atoms with E-state index in [2.05, 4.69) is 32.1 Å². The van der Waals surface area contributed by atoms with Crippen molar-refractivity contribution in [2.45, 2.75) is 45.6 Å². The highest BCUT2D eigenvalue weighted by Crippen LogP contribution is 2.13. The van der Waals surface area contributed by atoms with Crippen molar-refractivity contribution >= 4 is 31.1 Å². The lowest BCUT2D eigenvalue weighted by Gasteiger charge is -2.21. The summed E-state index contributed by atoms with van der Waals surface area (Å²) in [4.78, 5) is 0. The molecule has 0 bridgehead atoms. The summed E-state index contributed by atoms with van der Waals surface area (Å²) in [6.07, 6.45) is 2.74. The maximum Gasteiger partial charge on any atom is 0.391 e. The quantitative estimate of drug-likeness (QED) is 0.391. The number of nitrogens with two attached hydrogens (primary N) is 1. The van der Waals surface area contributed by atoms with Crippen molar-refractivity contribution in [3.8, 4) is 0 Å². The molecule has 0 rings (SSSR count). The van der Waals surface area contributed by atoms with Gasteiger partial charge in [-0.15, -0.1) is 5.54 Å². The Morgan fingerprint density at radius 3 is 1.41 bits per heavy atom. The van der Waals surface area contributed by atoms with Crippen molar-refractivity contribution in [3.05, 3.63) is 0 Å². The molecular weight excluding hydrogens is 318 g/mol. The minimum Gasteiger partial charge on any atom is -1.00 e. The molecule has 0 radical (unpaired) electrons. The largest absolute Gasteiger partial charge is 1.00 e. The summed E-state index contributed by atoms with van der Waals surface area (Å²) in [5, 5.41) is 9.56. The minimum absolute atomic E-state index is 0. The summed E-state index contributed by atoms with van der Waals surface area (Å²) in [5.74, 6) is 0. The zero-order valence-electron chi connectivity index (χ0n) is 9.89. The third kappa shape index (κ3) is 13.2. The average molecular weight is 335 g/mol. The van der Waals surface area contributed by atoms with E-state index in [1.54, 1.807) is 0 Å². The number of hydrogen-bond acceptors (Lipinski definition) is 3. The van der Waals surface area contributed by atoms with Gasteiger partial charge >= 0.3 is 7.32 Å². The predicted molar refractivity (Wildman–Crippen MR) is 56.3 cm³/mol. The van der Waals surface area contributed by atoms with Crippen molar-refractivity contribution < 1.29 is 48.3 Å². The van der Waals surface area contributed by atoms with E-state index in [1.165, 1.54) is 0 Å². The lowest BCUT2D eigenvalue weighted by Crippen LogP contribution is -3.00. The molecule has 0 saturated carbocycles. The minimum atomic E-state index is -1.78. The molecule has 0 atom stereocenters. The molecule has 0 aromatic heterocycles. The first-order valence-electron chi connectivity index (χ1n) is 4.70. The van der Waals surface area contributed by atoms with Gasteiger partial charge in [-0.05, 0) is 4.48 Å². The highest BCUT2D eigenvalue weighted by atomic mass is 35.5. The van der Waals surface area contributed by atoms with Gasteiger partial charge in [0.15, 0.2) is 0 Å². The molecule has 0 aliphatic carbocycles. The van der Waals surface area contributed by atoms with Crippen LogP contribution in [0.2, 0.25) is 0 Å². The van der Waals surface area contributed by atoms with Gasteiger partial charge in [0.1, 0.15) is 5.54 Å². The molecule has 0 aliphatic heterocycles. The Morgan fingerprint density at radius 2 is 1.41 bits per heavy atom. The van der Waals surface area contributed by atoms with Crippen LogP contribution >= 0.6 is 23.7 Å². The van der Waals surface area contributed by atoms with Crippen molar-refractivity contribution in [1.82, 2.24) is 0 Å². The monoisotopic (exact) mass is 333 g/mol. The van der Waals surface area contributed by atoms with Crippen molar-refractivity contribution in [3.63, 3.8) is 0 Å². The summed E-state index contributed by atoms with van der Waals surface area (Å²) in [5.41, 5.74) is 0.729. The number of quaternary nitrogens is 1. The van der Waals surface area contributed by atoms with E-state index in [0.29, 0.717) is 0 Å². The maximum atomic E-state index is 12.2. The fourth-order valence-electron chi connectivity index (χ4n) is 0.995. The molecule has 0 saturated heterocycles. The van der Waals surface area contributed by atoms with Crippen LogP contribution in [-0.4, -0.2) is 12.9 Å². The van der Waals surface area contributed by atoms with Crippen LogP contribution in [0.5, 0.6) is 0 Å². The molecule has 17 heavy (non-hydrogen) atoms. The third-order valence-corrected chi connectivity index (χ3v) is 2.78. The Labute approximate surface area is 125 Å². The van der Waals surface area contributed by atoms with E-state index < -0.39 is 7.32 Å². The second-order valence-electron chi connectivity index (χ2n) is 3.00. The van der Waals surface area contributed by atoms with Crippen molar-refractivity contribution in [2.24, 2.45) is 0 Å². The van der Waals surface area contributed by atoms with Crippen LogP contribution < -0.4 is 35.4 Å². The highest BCUT2D eigenvalue weighted by Gasteiger charge is 2.27. The SMILES string of the molecule is CCC(CC)(CC)[NH2+]F.[Cl-].[Cl-].[O-]B(OCl)OCl. The highest BCUT2D eigenvalue weighted by molar-refractivity contribution is 6.45. The van der Waals surface area contributed by atoms with Crippen LogP contribution in [0.25, 0.3) is 0 Å². The van der Waals surface area contributed by atoms with Gasteiger partial charge in [0.25, 0.3) is 0 Å². The summed E-state index contributed by atoms with van der Waals surface area (Å²) >= 11 is 8.86. The zero-order chi connectivity index (χ0) is 12.3. The van der Waals surface area contributed by atoms with Crippen molar-refractivity contribution in [2.75, 3.05) is 0 Å². The smallest absolute Gasteiger partial charge is 0.391 e. The van der Waals surface area contributed by atoms with E-state index in [-0.39, 0.29) is 30.4 Å². The molecule has 0 heterocycles. The average Bonchev–Trinajstić information content (AvgIpc) is 2.32. The lowest BCUT2D eigenvalue weighted by molar-refractivity contribution is -0.881. The molecule has 0 spiro atoms. The molecule has 0 unspecified atom stereocenters. The van der Waals surface area contributed by atoms with Crippen LogP contribution in [0, 0.1) is 0 Å². The van der Waals surface area contributed by atoms with E-state index >= 15 is 0 Å². The Bertz CT molecular complexity index is 127. The van der Waals surface area contributed by atoms with Crippen LogP contribution in [0.1, 0.15) is 40.0 Å². The summed E-state index contributed by atoms with van der Waals surface area (Å²) < 4.78 is 19.1. The van der Waals surface area contributed by atoms with Gasteiger partial charge in [-0.25, -0.2) is 0 Å². The van der Waals surface area contributed by atoms with Gasteiger partial charge in [-0.3, -0.25) is 0 Å². The number of hydrogen-bond donors (Lipinski definition) is 1. The van der Waals surface area contributed by atoms with Crippen LogP contribution in [-0.2, 0) is 8.41 Å². The first kappa shape index (κ1) is 26.5. The molecule has 108 valence electrons. The Kier molecular flexibility index (Phi) is 26.5. The Hall–Kier alpha value is 0.995. The molecule has 2 N–H and O–H groups in total.